The largest absolute Gasteiger partial charge is 0.325 e. The number of para-hydroxylation sites is 1. The molecule has 0 radical (unpaired) electrons. The third-order valence-corrected chi connectivity index (χ3v) is 5.36. The summed E-state index contributed by atoms with van der Waals surface area (Å²) >= 11 is 1.32. The first-order valence-electron chi connectivity index (χ1n) is 9.59. The number of anilines is 1. The number of hydrogen-bond acceptors (Lipinski definition) is 5. The van der Waals surface area contributed by atoms with Crippen molar-refractivity contribution in [2.45, 2.75) is 44.7 Å². The first-order chi connectivity index (χ1) is 13.7. The fourth-order valence-electron chi connectivity index (χ4n) is 2.88. The summed E-state index contributed by atoms with van der Waals surface area (Å²) in [6.45, 7) is 4.26. The quantitative estimate of drug-likeness (QED) is 0.547. The Hall–Kier alpha value is -2.67. The molecule has 6 nitrogen and oxygen atoms in total. The Labute approximate surface area is 169 Å². The fourth-order valence-corrected chi connectivity index (χ4v) is 3.57. The predicted octanol–water partition coefficient (Wildman–Crippen LogP) is 4.30. The molecule has 0 atom stereocenters. The van der Waals surface area contributed by atoms with Gasteiger partial charge in [0.1, 0.15) is 0 Å². The van der Waals surface area contributed by atoms with E-state index < -0.39 is 0 Å². The summed E-state index contributed by atoms with van der Waals surface area (Å²) in [5.74, 6) is 0.169. The zero-order valence-electron chi connectivity index (χ0n) is 16.3. The summed E-state index contributed by atoms with van der Waals surface area (Å²) in [6.07, 6.45) is 4.31. The topological polar surface area (TPSA) is 72.7 Å². The minimum Gasteiger partial charge on any atom is -0.325 e. The van der Waals surface area contributed by atoms with Crippen molar-refractivity contribution in [3.8, 4) is 5.69 Å². The minimum atomic E-state index is -0.0737. The molecule has 3 rings (SSSR count). The summed E-state index contributed by atoms with van der Waals surface area (Å²) in [7, 11) is 0. The smallest absolute Gasteiger partial charge is 0.234 e. The van der Waals surface area contributed by atoms with Crippen LogP contribution in [0.3, 0.4) is 0 Å². The highest BCUT2D eigenvalue weighted by Gasteiger charge is 2.12. The van der Waals surface area contributed by atoms with Crippen LogP contribution in [0.4, 0.5) is 5.69 Å². The molecule has 0 saturated carbocycles. The Morgan fingerprint density at radius 2 is 1.89 bits per heavy atom. The van der Waals surface area contributed by atoms with Crippen molar-refractivity contribution in [3.63, 3.8) is 0 Å². The van der Waals surface area contributed by atoms with E-state index in [1.807, 2.05) is 36.4 Å². The molecule has 0 bridgehead atoms. The van der Waals surface area contributed by atoms with E-state index in [2.05, 4.69) is 46.8 Å². The van der Waals surface area contributed by atoms with Gasteiger partial charge in [-0.1, -0.05) is 62.4 Å². The Morgan fingerprint density at radius 3 is 2.64 bits per heavy atom. The van der Waals surface area contributed by atoms with E-state index in [0.29, 0.717) is 5.16 Å². The van der Waals surface area contributed by atoms with Crippen molar-refractivity contribution in [1.82, 2.24) is 20.2 Å². The van der Waals surface area contributed by atoms with Gasteiger partial charge in [-0.3, -0.25) is 4.79 Å². The Bertz CT molecular complexity index is 907. The summed E-state index contributed by atoms with van der Waals surface area (Å²) in [5, 5.41) is 15.5. The zero-order chi connectivity index (χ0) is 19.8. The summed E-state index contributed by atoms with van der Waals surface area (Å²) < 4.78 is 1.67. The van der Waals surface area contributed by atoms with Gasteiger partial charge in [-0.2, -0.15) is 4.68 Å². The number of aromatic nitrogens is 4. The normalized spacial score (nSPS) is 10.8. The average molecular weight is 396 g/mol. The standard InChI is InChI=1S/C21H25N5OS/c1-3-5-8-16-11-13-18(14-12-16)26-21(23-24-25-26)28-15-20(27)22-19-10-7-6-9-17(19)4-2/h6-7,9-14H,3-5,8,15H2,1-2H3,(H,22,27). The lowest BCUT2D eigenvalue weighted by Gasteiger charge is -2.09. The van der Waals surface area contributed by atoms with Gasteiger partial charge in [0.15, 0.2) is 0 Å². The second-order valence-corrected chi connectivity index (χ2v) is 7.43. The number of hydrogen-bond donors (Lipinski definition) is 1. The molecule has 1 heterocycles. The number of nitrogens with one attached hydrogen (secondary N) is 1. The van der Waals surface area contributed by atoms with Crippen LogP contribution < -0.4 is 5.32 Å². The lowest BCUT2D eigenvalue weighted by Crippen LogP contribution is -2.15. The van der Waals surface area contributed by atoms with Crippen molar-refractivity contribution in [1.29, 1.82) is 0 Å². The fraction of sp³-hybridized carbons (Fsp3) is 0.333. The SMILES string of the molecule is CCCCc1ccc(-n2nnnc2SCC(=O)Nc2ccccc2CC)cc1. The van der Waals surface area contributed by atoms with Gasteiger partial charge in [0.25, 0.3) is 0 Å². The number of aryl methyl sites for hydroxylation is 2. The van der Waals surface area contributed by atoms with Crippen molar-refractivity contribution in [2.75, 3.05) is 11.1 Å². The molecule has 0 aliphatic rings. The van der Waals surface area contributed by atoms with E-state index in [1.54, 1.807) is 4.68 Å². The van der Waals surface area contributed by atoms with Crippen LogP contribution in [0.1, 0.15) is 37.8 Å². The number of benzene rings is 2. The van der Waals surface area contributed by atoms with Crippen LogP contribution in [0, 0.1) is 0 Å². The first kappa shape index (κ1) is 20.1. The highest BCUT2D eigenvalue weighted by atomic mass is 32.2. The molecule has 28 heavy (non-hydrogen) atoms. The number of tetrazole rings is 1. The van der Waals surface area contributed by atoms with E-state index >= 15 is 0 Å². The maximum absolute atomic E-state index is 12.4. The molecule has 0 spiro atoms. The van der Waals surface area contributed by atoms with Gasteiger partial charge in [-0.25, -0.2) is 0 Å². The first-order valence-corrected chi connectivity index (χ1v) is 10.6. The van der Waals surface area contributed by atoms with E-state index in [9.17, 15) is 4.79 Å². The lowest BCUT2D eigenvalue weighted by molar-refractivity contribution is -0.113. The number of unbranched alkanes of at least 4 members (excludes halogenated alkanes) is 1. The molecule has 146 valence electrons. The molecule has 0 unspecified atom stereocenters. The lowest BCUT2D eigenvalue weighted by atomic mass is 10.1. The molecule has 1 N–H and O–H groups in total. The molecule has 3 aromatic rings. The Morgan fingerprint density at radius 1 is 1.11 bits per heavy atom. The number of thioether (sulfide) groups is 1. The third-order valence-electron chi connectivity index (χ3n) is 4.45. The van der Waals surface area contributed by atoms with Crippen molar-refractivity contribution >= 4 is 23.4 Å². The van der Waals surface area contributed by atoms with Gasteiger partial charge in [0.2, 0.25) is 11.1 Å². The summed E-state index contributed by atoms with van der Waals surface area (Å²) in [4.78, 5) is 12.4. The van der Waals surface area contributed by atoms with Crippen LogP contribution >= 0.6 is 11.8 Å². The molecule has 0 aliphatic heterocycles. The van der Waals surface area contributed by atoms with Crippen LogP contribution in [0.2, 0.25) is 0 Å². The van der Waals surface area contributed by atoms with Crippen LogP contribution in [0.5, 0.6) is 0 Å². The van der Waals surface area contributed by atoms with Crippen LogP contribution in [-0.2, 0) is 17.6 Å². The maximum Gasteiger partial charge on any atom is 0.234 e. The molecule has 7 heteroatoms. The van der Waals surface area contributed by atoms with Crippen LogP contribution in [-0.4, -0.2) is 31.9 Å². The molecule has 0 aliphatic carbocycles. The van der Waals surface area contributed by atoms with Gasteiger partial charge in [0, 0.05) is 5.69 Å². The monoisotopic (exact) mass is 395 g/mol. The Balaban J connectivity index is 1.62. The van der Waals surface area contributed by atoms with Crippen molar-refractivity contribution in [2.24, 2.45) is 0 Å². The molecule has 2 aromatic carbocycles. The summed E-state index contributed by atoms with van der Waals surface area (Å²) in [5.41, 5.74) is 4.18. The van der Waals surface area contributed by atoms with Gasteiger partial charge < -0.3 is 5.32 Å². The number of carbonyl (C=O) groups excluding carboxylic acids is 1. The number of amides is 1. The van der Waals surface area contributed by atoms with E-state index in [1.165, 1.54) is 30.2 Å². The van der Waals surface area contributed by atoms with Crippen LogP contribution in [0.25, 0.3) is 5.69 Å². The number of nitrogens with zero attached hydrogens (tertiary/aromatic N) is 4. The van der Waals surface area contributed by atoms with Crippen molar-refractivity contribution < 1.29 is 4.79 Å². The molecule has 1 amide bonds. The predicted molar refractivity (Wildman–Crippen MR) is 113 cm³/mol. The molecule has 0 saturated heterocycles. The summed E-state index contributed by atoms with van der Waals surface area (Å²) in [6, 6.07) is 16.1. The minimum absolute atomic E-state index is 0.0737. The van der Waals surface area contributed by atoms with Gasteiger partial charge in [0.05, 0.1) is 11.4 Å². The molecule has 0 fully saturated rings. The van der Waals surface area contributed by atoms with Crippen LogP contribution in [0.15, 0.2) is 53.7 Å². The van der Waals surface area contributed by atoms with Gasteiger partial charge >= 0.3 is 0 Å². The van der Waals surface area contributed by atoms with Gasteiger partial charge in [-0.15, -0.1) is 5.10 Å². The highest BCUT2D eigenvalue weighted by Crippen LogP contribution is 2.20. The van der Waals surface area contributed by atoms with E-state index in [0.717, 1.165) is 29.8 Å². The number of carbonyl (C=O) groups is 1. The average Bonchev–Trinajstić information content (AvgIpc) is 3.20. The second kappa shape index (κ2) is 10.0. The molecular weight excluding hydrogens is 370 g/mol. The number of rotatable bonds is 9. The second-order valence-electron chi connectivity index (χ2n) is 6.49. The Kier molecular flexibility index (Phi) is 7.19. The van der Waals surface area contributed by atoms with Gasteiger partial charge in [-0.05, 0) is 59.0 Å². The highest BCUT2D eigenvalue weighted by molar-refractivity contribution is 7.99. The van der Waals surface area contributed by atoms with E-state index in [4.69, 9.17) is 0 Å². The third kappa shape index (κ3) is 5.19. The maximum atomic E-state index is 12.4. The molecule has 1 aromatic heterocycles. The van der Waals surface area contributed by atoms with Crippen molar-refractivity contribution in [3.05, 3.63) is 59.7 Å². The zero-order valence-corrected chi connectivity index (χ0v) is 17.1. The van der Waals surface area contributed by atoms with E-state index in [-0.39, 0.29) is 11.7 Å². The molecular formula is C21H25N5OS.